The summed E-state index contributed by atoms with van der Waals surface area (Å²) >= 11 is 1.39. The van der Waals surface area contributed by atoms with Crippen molar-refractivity contribution in [3.05, 3.63) is 29.3 Å². The first kappa shape index (κ1) is 16.0. The number of benzene rings is 1. The van der Waals surface area contributed by atoms with Gasteiger partial charge < -0.3 is 15.4 Å². The van der Waals surface area contributed by atoms with Crippen LogP contribution in [0.5, 0.6) is 0 Å². The molecule has 1 fully saturated rings. The molecule has 1 amide bonds. The van der Waals surface area contributed by atoms with Crippen LogP contribution in [0, 0.1) is 13.8 Å². The summed E-state index contributed by atoms with van der Waals surface area (Å²) in [6.45, 7) is 6.16. The van der Waals surface area contributed by atoms with Crippen molar-refractivity contribution >= 4 is 22.4 Å². The van der Waals surface area contributed by atoms with E-state index in [4.69, 9.17) is 4.74 Å². The van der Waals surface area contributed by atoms with E-state index >= 15 is 0 Å². The molecule has 1 saturated heterocycles. The Morgan fingerprint density at radius 2 is 2.13 bits per heavy atom. The molecule has 2 N–H and O–H groups in total. The summed E-state index contributed by atoms with van der Waals surface area (Å²) in [4.78, 5) is 12.1. The third-order valence-electron chi connectivity index (χ3n) is 3.57. The average Bonchev–Trinajstić information content (AvgIpc) is 2.95. The van der Waals surface area contributed by atoms with Crippen molar-refractivity contribution in [2.75, 3.05) is 25.1 Å². The third-order valence-corrected chi connectivity index (χ3v) is 4.46. The fourth-order valence-electron chi connectivity index (χ4n) is 2.63. The zero-order chi connectivity index (χ0) is 16.2. The number of hydrogen-bond donors (Lipinski definition) is 2. The second-order valence-corrected chi connectivity index (χ2v) is 6.74. The Hall–Kier alpha value is -1.83. The molecule has 1 aliphatic rings. The predicted molar refractivity (Wildman–Crippen MR) is 90.7 cm³/mol. The number of anilines is 1. The zero-order valence-electron chi connectivity index (χ0n) is 13.3. The van der Waals surface area contributed by atoms with Gasteiger partial charge in [-0.05, 0) is 26.0 Å². The van der Waals surface area contributed by atoms with Crippen molar-refractivity contribution in [1.82, 2.24) is 15.5 Å². The molecule has 0 saturated carbocycles. The number of aromatic nitrogens is 2. The van der Waals surface area contributed by atoms with Gasteiger partial charge in [0.1, 0.15) is 5.01 Å². The van der Waals surface area contributed by atoms with Crippen LogP contribution in [0.4, 0.5) is 5.13 Å². The molecule has 122 valence electrons. The van der Waals surface area contributed by atoms with Gasteiger partial charge in [-0.3, -0.25) is 4.79 Å². The van der Waals surface area contributed by atoms with Crippen molar-refractivity contribution in [3.8, 4) is 10.6 Å². The van der Waals surface area contributed by atoms with Gasteiger partial charge in [0, 0.05) is 24.6 Å². The van der Waals surface area contributed by atoms with Crippen LogP contribution in [0.3, 0.4) is 0 Å². The van der Waals surface area contributed by atoms with Gasteiger partial charge in [0.25, 0.3) is 0 Å². The van der Waals surface area contributed by atoms with Crippen molar-refractivity contribution in [1.29, 1.82) is 0 Å². The zero-order valence-corrected chi connectivity index (χ0v) is 14.1. The Morgan fingerprint density at radius 3 is 2.83 bits per heavy atom. The molecule has 1 unspecified atom stereocenters. The second kappa shape index (κ2) is 7.16. The van der Waals surface area contributed by atoms with Crippen LogP contribution in [0.2, 0.25) is 0 Å². The van der Waals surface area contributed by atoms with Gasteiger partial charge in [0.05, 0.1) is 13.2 Å². The highest BCUT2D eigenvalue weighted by Crippen LogP contribution is 2.28. The summed E-state index contributed by atoms with van der Waals surface area (Å²) < 4.78 is 5.35. The Bertz CT molecular complexity index is 675. The van der Waals surface area contributed by atoms with Crippen LogP contribution < -0.4 is 10.6 Å². The minimum atomic E-state index is -0.0730. The van der Waals surface area contributed by atoms with E-state index in [1.165, 1.54) is 22.5 Å². The van der Waals surface area contributed by atoms with E-state index in [-0.39, 0.29) is 11.9 Å². The SMILES string of the molecule is Cc1cc(C)cc(-c2nnc(NC(=O)CC3COCCN3)s2)c1. The molecule has 6 nitrogen and oxygen atoms in total. The fourth-order valence-corrected chi connectivity index (χ4v) is 3.38. The maximum atomic E-state index is 12.1. The summed E-state index contributed by atoms with van der Waals surface area (Å²) in [7, 11) is 0. The second-order valence-electron chi connectivity index (χ2n) is 5.77. The minimum absolute atomic E-state index is 0.0653. The topological polar surface area (TPSA) is 76.1 Å². The van der Waals surface area contributed by atoms with Gasteiger partial charge in [-0.15, -0.1) is 10.2 Å². The summed E-state index contributed by atoms with van der Waals surface area (Å²) in [6, 6.07) is 6.33. The maximum absolute atomic E-state index is 12.1. The number of ether oxygens (including phenoxy) is 1. The fraction of sp³-hybridized carbons (Fsp3) is 0.438. The van der Waals surface area contributed by atoms with Gasteiger partial charge in [-0.25, -0.2) is 0 Å². The Kier molecular flexibility index (Phi) is 5.00. The van der Waals surface area contributed by atoms with Crippen LogP contribution in [0.15, 0.2) is 18.2 Å². The van der Waals surface area contributed by atoms with E-state index in [0.717, 1.165) is 17.1 Å². The first-order valence-corrected chi connectivity index (χ1v) is 8.45. The Morgan fingerprint density at radius 1 is 1.35 bits per heavy atom. The van der Waals surface area contributed by atoms with Crippen molar-refractivity contribution in [2.24, 2.45) is 0 Å². The van der Waals surface area contributed by atoms with E-state index in [0.29, 0.717) is 24.8 Å². The number of carbonyl (C=O) groups is 1. The lowest BCUT2D eigenvalue weighted by atomic mass is 10.1. The molecule has 1 aromatic heterocycles. The molecule has 1 atom stereocenters. The van der Waals surface area contributed by atoms with E-state index in [1.807, 2.05) is 0 Å². The van der Waals surface area contributed by atoms with Gasteiger partial charge in [0.2, 0.25) is 11.0 Å². The lowest BCUT2D eigenvalue weighted by Gasteiger charge is -2.22. The molecule has 0 aliphatic carbocycles. The molecule has 23 heavy (non-hydrogen) atoms. The van der Waals surface area contributed by atoms with Crippen molar-refractivity contribution < 1.29 is 9.53 Å². The summed E-state index contributed by atoms with van der Waals surface area (Å²) in [5.41, 5.74) is 3.40. The quantitative estimate of drug-likeness (QED) is 0.897. The van der Waals surface area contributed by atoms with E-state index in [9.17, 15) is 4.79 Å². The van der Waals surface area contributed by atoms with Crippen LogP contribution in [0.25, 0.3) is 10.6 Å². The largest absolute Gasteiger partial charge is 0.378 e. The molecular formula is C16H20N4O2S. The van der Waals surface area contributed by atoms with Crippen LogP contribution in [-0.2, 0) is 9.53 Å². The van der Waals surface area contributed by atoms with Gasteiger partial charge in [-0.1, -0.05) is 28.5 Å². The summed E-state index contributed by atoms with van der Waals surface area (Å²) in [5, 5.41) is 15.7. The lowest BCUT2D eigenvalue weighted by molar-refractivity contribution is -0.117. The first-order chi connectivity index (χ1) is 11.1. The molecule has 3 rings (SSSR count). The lowest BCUT2D eigenvalue weighted by Crippen LogP contribution is -2.43. The van der Waals surface area contributed by atoms with Gasteiger partial charge >= 0.3 is 0 Å². The maximum Gasteiger partial charge on any atom is 0.227 e. The Balaban J connectivity index is 1.63. The number of aryl methyl sites for hydroxylation is 2. The molecule has 2 heterocycles. The molecule has 2 aromatic rings. The summed E-state index contributed by atoms with van der Waals surface area (Å²) in [6.07, 6.45) is 0.373. The smallest absolute Gasteiger partial charge is 0.227 e. The molecule has 1 aliphatic heterocycles. The van der Waals surface area contributed by atoms with E-state index in [1.54, 1.807) is 0 Å². The van der Waals surface area contributed by atoms with Gasteiger partial charge in [-0.2, -0.15) is 0 Å². The number of rotatable bonds is 4. The Labute approximate surface area is 139 Å². The highest BCUT2D eigenvalue weighted by Gasteiger charge is 2.18. The molecule has 0 bridgehead atoms. The van der Waals surface area contributed by atoms with Crippen LogP contribution >= 0.6 is 11.3 Å². The van der Waals surface area contributed by atoms with Gasteiger partial charge in [0.15, 0.2) is 0 Å². The number of nitrogens with one attached hydrogen (secondary N) is 2. The normalized spacial score (nSPS) is 17.9. The number of morpholine rings is 1. The third kappa shape index (κ3) is 4.34. The monoisotopic (exact) mass is 332 g/mol. The predicted octanol–water partition coefficient (Wildman–Crippen LogP) is 2.14. The number of nitrogens with zero attached hydrogens (tertiary/aromatic N) is 2. The minimum Gasteiger partial charge on any atom is -0.378 e. The first-order valence-electron chi connectivity index (χ1n) is 7.63. The van der Waals surface area contributed by atoms with E-state index < -0.39 is 0 Å². The highest BCUT2D eigenvalue weighted by atomic mass is 32.1. The van der Waals surface area contributed by atoms with E-state index in [2.05, 4.69) is 52.9 Å². The van der Waals surface area contributed by atoms with Crippen LogP contribution in [0.1, 0.15) is 17.5 Å². The number of hydrogen-bond acceptors (Lipinski definition) is 6. The van der Waals surface area contributed by atoms with Crippen molar-refractivity contribution in [3.63, 3.8) is 0 Å². The highest BCUT2D eigenvalue weighted by molar-refractivity contribution is 7.18. The molecular weight excluding hydrogens is 312 g/mol. The molecule has 7 heteroatoms. The summed E-state index contributed by atoms with van der Waals surface area (Å²) in [5.74, 6) is -0.0730. The molecule has 0 spiro atoms. The molecule has 1 aromatic carbocycles. The number of amides is 1. The average molecular weight is 332 g/mol. The van der Waals surface area contributed by atoms with Crippen molar-refractivity contribution in [2.45, 2.75) is 26.3 Å². The number of carbonyl (C=O) groups excluding carboxylic acids is 1. The standard InChI is InChI=1S/C16H20N4O2S/c1-10-5-11(2)7-12(6-10)15-19-20-16(23-15)18-14(21)8-13-9-22-4-3-17-13/h5-7,13,17H,3-4,8-9H2,1-2H3,(H,18,20,21). The molecule has 0 radical (unpaired) electrons. The van der Waals surface area contributed by atoms with Crippen LogP contribution in [-0.4, -0.2) is 41.9 Å².